The van der Waals surface area contributed by atoms with Gasteiger partial charge in [-0.05, 0) is 12.1 Å². The Morgan fingerprint density at radius 1 is 1.12 bits per heavy atom. The van der Waals surface area contributed by atoms with Gasteiger partial charge in [0.2, 0.25) is 0 Å². The number of aromatic nitrogens is 2. The minimum Gasteiger partial charge on any atom is -0.495 e. The van der Waals surface area contributed by atoms with Crippen molar-refractivity contribution < 1.29 is 14.3 Å². The normalized spacial score (nSPS) is 14.4. The van der Waals surface area contributed by atoms with Crippen LogP contribution in [0.2, 0.25) is 0 Å². The Labute approximate surface area is 140 Å². The van der Waals surface area contributed by atoms with Crippen LogP contribution in [0.15, 0.2) is 36.8 Å². The van der Waals surface area contributed by atoms with Gasteiger partial charge >= 0.3 is 0 Å². The van der Waals surface area contributed by atoms with Crippen LogP contribution in [0.1, 0.15) is 10.5 Å². The topological polar surface area (TPSA) is 67.8 Å². The Balaban J connectivity index is 1.67. The van der Waals surface area contributed by atoms with E-state index >= 15 is 0 Å². The number of rotatable bonds is 4. The lowest BCUT2D eigenvalue weighted by molar-refractivity contribution is 0.0737. The molecule has 0 bridgehead atoms. The van der Waals surface area contributed by atoms with Crippen molar-refractivity contribution >= 4 is 11.6 Å². The molecule has 7 nitrogen and oxygen atoms in total. The van der Waals surface area contributed by atoms with Crippen LogP contribution in [-0.2, 0) is 0 Å². The van der Waals surface area contributed by atoms with Crippen LogP contribution in [-0.4, -0.2) is 61.2 Å². The lowest BCUT2D eigenvalue weighted by Gasteiger charge is -2.35. The Morgan fingerprint density at radius 3 is 2.62 bits per heavy atom. The highest BCUT2D eigenvalue weighted by atomic mass is 16.5. The first-order valence-corrected chi connectivity index (χ1v) is 7.75. The summed E-state index contributed by atoms with van der Waals surface area (Å²) in [5.41, 5.74) is 1.35. The van der Waals surface area contributed by atoms with Gasteiger partial charge < -0.3 is 19.3 Å². The Bertz CT molecular complexity index is 714. The van der Waals surface area contributed by atoms with Crippen LogP contribution in [0.3, 0.4) is 0 Å². The molecular weight excluding hydrogens is 308 g/mol. The average Bonchev–Trinajstić information content (AvgIpc) is 2.67. The van der Waals surface area contributed by atoms with Crippen molar-refractivity contribution in [2.45, 2.75) is 0 Å². The van der Waals surface area contributed by atoms with Gasteiger partial charge in [-0.25, -0.2) is 4.98 Å². The number of ether oxygens (including phenoxy) is 2. The van der Waals surface area contributed by atoms with Crippen molar-refractivity contribution in [2.24, 2.45) is 0 Å². The quantitative estimate of drug-likeness (QED) is 0.846. The molecule has 0 radical (unpaired) electrons. The lowest BCUT2D eigenvalue weighted by Crippen LogP contribution is -2.49. The zero-order valence-corrected chi connectivity index (χ0v) is 13.8. The summed E-state index contributed by atoms with van der Waals surface area (Å²) in [5, 5.41) is 0. The maximum absolute atomic E-state index is 12.7. The van der Waals surface area contributed by atoms with Crippen molar-refractivity contribution in [2.75, 3.05) is 45.3 Å². The number of carbonyl (C=O) groups is 1. The van der Waals surface area contributed by atoms with Crippen molar-refractivity contribution in [3.8, 4) is 11.5 Å². The molecule has 1 aliphatic heterocycles. The van der Waals surface area contributed by atoms with Crippen LogP contribution >= 0.6 is 0 Å². The molecule has 0 unspecified atom stereocenters. The molecule has 1 saturated heterocycles. The highest BCUT2D eigenvalue weighted by molar-refractivity contribution is 5.95. The number of hydrogen-bond donors (Lipinski definition) is 0. The van der Waals surface area contributed by atoms with Crippen molar-refractivity contribution in [1.29, 1.82) is 0 Å². The fourth-order valence-electron chi connectivity index (χ4n) is 2.73. The number of piperazine rings is 1. The summed E-state index contributed by atoms with van der Waals surface area (Å²) in [6.07, 6.45) is 5.09. The summed E-state index contributed by atoms with van der Waals surface area (Å²) < 4.78 is 10.4. The van der Waals surface area contributed by atoms with Crippen molar-refractivity contribution in [3.05, 3.63) is 42.5 Å². The van der Waals surface area contributed by atoms with Crippen LogP contribution < -0.4 is 14.4 Å². The molecule has 0 spiro atoms. The summed E-state index contributed by atoms with van der Waals surface area (Å²) in [5.74, 6) is 1.13. The van der Waals surface area contributed by atoms with E-state index in [2.05, 4.69) is 14.9 Å². The van der Waals surface area contributed by atoms with Crippen LogP contribution in [0.4, 0.5) is 5.69 Å². The van der Waals surface area contributed by atoms with E-state index in [0.29, 0.717) is 24.5 Å². The van der Waals surface area contributed by atoms with Gasteiger partial charge in [-0.3, -0.25) is 9.78 Å². The molecule has 1 fully saturated rings. The Hall–Kier alpha value is -2.83. The second-order valence-electron chi connectivity index (χ2n) is 5.42. The monoisotopic (exact) mass is 328 g/mol. The zero-order valence-electron chi connectivity index (χ0n) is 13.8. The molecule has 1 aliphatic rings. The third-order valence-electron chi connectivity index (χ3n) is 4.06. The number of amides is 1. The van der Waals surface area contributed by atoms with E-state index in [-0.39, 0.29) is 5.91 Å². The van der Waals surface area contributed by atoms with Crippen LogP contribution in [0.25, 0.3) is 0 Å². The molecule has 7 heteroatoms. The maximum atomic E-state index is 12.7. The van der Waals surface area contributed by atoms with Gasteiger partial charge in [0.25, 0.3) is 5.91 Å². The molecular formula is C17H20N4O3. The Kier molecular flexibility index (Phi) is 4.79. The fraction of sp³-hybridized carbons (Fsp3) is 0.353. The predicted octanol–water partition coefficient (Wildman–Crippen LogP) is 1.46. The average molecular weight is 328 g/mol. The van der Waals surface area contributed by atoms with E-state index in [0.717, 1.165) is 24.5 Å². The van der Waals surface area contributed by atoms with E-state index in [4.69, 9.17) is 9.47 Å². The SMILES string of the molecule is COc1cncc(N2CCN(C(=O)c3ncccc3OC)CC2)c1. The van der Waals surface area contributed by atoms with E-state index in [1.54, 1.807) is 43.6 Å². The number of pyridine rings is 2. The minimum absolute atomic E-state index is 0.101. The number of hydrogen-bond acceptors (Lipinski definition) is 6. The van der Waals surface area contributed by atoms with E-state index in [1.807, 2.05) is 12.3 Å². The largest absolute Gasteiger partial charge is 0.495 e. The molecule has 126 valence electrons. The molecule has 3 heterocycles. The summed E-state index contributed by atoms with van der Waals surface area (Å²) in [6, 6.07) is 5.45. The van der Waals surface area contributed by atoms with Gasteiger partial charge in [-0.15, -0.1) is 0 Å². The lowest BCUT2D eigenvalue weighted by atomic mass is 10.2. The second-order valence-corrected chi connectivity index (χ2v) is 5.42. The first-order valence-electron chi connectivity index (χ1n) is 7.75. The molecule has 3 rings (SSSR count). The predicted molar refractivity (Wildman–Crippen MR) is 89.7 cm³/mol. The molecule has 1 amide bonds. The second kappa shape index (κ2) is 7.16. The molecule has 0 aromatic carbocycles. The van der Waals surface area contributed by atoms with Gasteiger partial charge in [0.1, 0.15) is 11.5 Å². The summed E-state index contributed by atoms with van der Waals surface area (Å²) in [4.78, 5) is 25.0. The smallest absolute Gasteiger partial charge is 0.276 e. The summed E-state index contributed by atoms with van der Waals surface area (Å²) >= 11 is 0. The molecule has 24 heavy (non-hydrogen) atoms. The van der Waals surface area contributed by atoms with Gasteiger partial charge in [-0.2, -0.15) is 0 Å². The molecule has 2 aromatic rings. The molecule has 0 N–H and O–H groups in total. The maximum Gasteiger partial charge on any atom is 0.276 e. The summed E-state index contributed by atoms with van der Waals surface area (Å²) in [7, 11) is 3.17. The van der Waals surface area contributed by atoms with Gasteiger partial charge in [0, 0.05) is 38.4 Å². The highest BCUT2D eigenvalue weighted by Crippen LogP contribution is 2.22. The van der Waals surface area contributed by atoms with Crippen LogP contribution in [0, 0.1) is 0 Å². The van der Waals surface area contributed by atoms with Crippen molar-refractivity contribution in [1.82, 2.24) is 14.9 Å². The summed E-state index contributed by atoms with van der Waals surface area (Å²) in [6.45, 7) is 2.71. The molecule has 0 saturated carbocycles. The van der Waals surface area contributed by atoms with Crippen molar-refractivity contribution in [3.63, 3.8) is 0 Å². The van der Waals surface area contributed by atoms with Gasteiger partial charge in [-0.1, -0.05) is 0 Å². The number of anilines is 1. The molecule has 2 aromatic heterocycles. The van der Waals surface area contributed by atoms with Crippen LogP contribution in [0.5, 0.6) is 11.5 Å². The standard InChI is InChI=1S/C17H20N4O3/c1-23-14-10-13(11-18-12-14)20-6-8-21(9-7-20)17(22)16-15(24-2)4-3-5-19-16/h3-5,10-12H,6-9H2,1-2H3. The first kappa shape index (κ1) is 16.0. The third-order valence-corrected chi connectivity index (χ3v) is 4.06. The van der Waals surface area contributed by atoms with E-state index in [9.17, 15) is 4.79 Å². The van der Waals surface area contributed by atoms with E-state index < -0.39 is 0 Å². The minimum atomic E-state index is -0.101. The molecule has 0 aliphatic carbocycles. The highest BCUT2D eigenvalue weighted by Gasteiger charge is 2.25. The van der Waals surface area contributed by atoms with E-state index in [1.165, 1.54) is 0 Å². The molecule has 0 atom stereocenters. The third kappa shape index (κ3) is 3.24. The Morgan fingerprint density at radius 2 is 1.92 bits per heavy atom. The first-order chi connectivity index (χ1) is 11.7. The number of nitrogens with zero attached hydrogens (tertiary/aromatic N) is 4. The number of carbonyl (C=O) groups excluding carboxylic acids is 1. The van der Waals surface area contributed by atoms with Gasteiger partial charge in [0.05, 0.1) is 32.3 Å². The fourth-order valence-corrected chi connectivity index (χ4v) is 2.73. The number of methoxy groups -OCH3 is 2. The zero-order chi connectivity index (χ0) is 16.9. The van der Waals surface area contributed by atoms with Gasteiger partial charge in [0.15, 0.2) is 5.69 Å².